The van der Waals surface area contributed by atoms with Crippen molar-refractivity contribution < 1.29 is 14.6 Å². The third kappa shape index (κ3) is 4.27. The summed E-state index contributed by atoms with van der Waals surface area (Å²) in [5.41, 5.74) is 0.224. The van der Waals surface area contributed by atoms with Gasteiger partial charge in [0.15, 0.2) is 0 Å². The van der Waals surface area contributed by atoms with Crippen LogP contribution in [0.15, 0.2) is 18.3 Å². The zero-order valence-electron chi connectivity index (χ0n) is 9.43. The van der Waals surface area contributed by atoms with Crippen molar-refractivity contribution in [2.75, 3.05) is 18.5 Å². The van der Waals surface area contributed by atoms with Crippen LogP contribution in [-0.2, 0) is 4.74 Å². The van der Waals surface area contributed by atoms with Gasteiger partial charge in [-0.05, 0) is 26.0 Å². The van der Waals surface area contributed by atoms with Gasteiger partial charge < -0.3 is 15.2 Å². The molecule has 0 saturated carbocycles. The van der Waals surface area contributed by atoms with Gasteiger partial charge in [0.1, 0.15) is 5.82 Å². The van der Waals surface area contributed by atoms with Gasteiger partial charge in [-0.3, -0.25) is 0 Å². The Morgan fingerprint density at radius 2 is 2.38 bits per heavy atom. The topological polar surface area (TPSA) is 71.5 Å². The summed E-state index contributed by atoms with van der Waals surface area (Å²) in [6.45, 7) is 5.09. The SMILES string of the molecule is CC(C)OCCNc1cc(C(=O)O)ccn1. The number of hydrogen-bond acceptors (Lipinski definition) is 4. The molecule has 0 spiro atoms. The summed E-state index contributed by atoms with van der Waals surface area (Å²) in [5, 5.41) is 11.8. The molecule has 0 saturated heterocycles. The number of carboxylic acids is 1. The zero-order valence-corrected chi connectivity index (χ0v) is 9.43. The molecule has 16 heavy (non-hydrogen) atoms. The highest BCUT2D eigenvalue weighted by molar-refractivity contribution is 5.88. The van der Waals surface area contributed by atoms with E-state index in [4.69, 9.17) is 9.84 Å². The number of aromatic nitrogens is 1. The number of carbonyl (C=O) groups is 1. The lowest BCUT2D eigenvalue weighted by atomic mass is 10.2. The number of aromatic carboxylic acids is 1. The van der Waals surface area contributed by atoms with Crippen molar-refractivity contribution in [2.24, 2.45) is 0 Å². The lowest BCUT2D eigenvalue weighted by Crippen LogP contribution is -2.14. The smallest absolute Gasteiger partial charge is 0.335 e. The van der Waals surface area contributed by atoms with Gasteiger partial charge in [-0.25, -0.2) is 9.78 Å². The molecule has 1 aromatic heterocycles. The average Bonchev–Trinajstić information content (AvgIpc) is 2.24. The number of hydrogen-bond donors (Lipinski definition) is 2. The fourth-order valence-corrected chi connectivity index (χ4v) is 1.13. The largest absolute Gasteiger partial charge is 0.478 e. The minimum absolute atomic E-state index is 0.195. The van der Waals surface area contributed by atoms with Gasteiger partial charge in [0.05, 0.1) is 18.3 Å². The van der Waals surface area contributed by atoms with Crippen molar-refractivity contribution in [1.82, 2.24) is 4.98 Å². The first-order valence-corrected chi connectivity index (χ1v) is 5.14. The van der Waals surface area contributed by atoms with E-state index < -0.39 is 5.97 Å². The second-order valence-corrected chi connectivity index (χ2v) is 3.58. The van der Waals surface area contributed by atoms with Gasteiger partial charge in [-0.15, -0.1) is 0 Å². The third-order valence-corrected chi connectivity index (χ3v) is 1.87. The van der Waals surface area contributed by atoms with Crippen LogP contribution in [0.3, 0.4) is 0 Å². The molecule has 0 radical (unpaired) electrons. The maximum Gasteiger partial charge on any atom is 0.335 e. The molecular weight excluding hydrogens is 208 g/mol. The predicted molar refractivity (Wildman–Crippen MR) is 60.8 cm³/mol. The van der Waals surface area contributed by atoms with Crippen molar-refractivity contribution in [3.05, 3.63) is 23.9 Å². The van der Waals surface area contributed by atoms with Crippen LogP contribution in [-0.4, -0.2) is 35.3 Å². The van der Waals surface area contributed by atoms with Crippen molar-refractivity contribution >= 4 is 11.8 Å². The van der Waals surface area contributed by atoms with Gasteiger partial charge in [-0.1, -0.05) is 0 Å². The Kier molecular flexibility index (Phi) is 4.72. The molecule has 2 N–H and O–H groups in total. The zero-order chi connectivity index (χ0) is 12.0. The Bertz CT molecular complexity index is 353. The minimum Gasteiger partial charge on any atom is -0.478 e. The molecule has 1 rings (SSSR count). The molecule has 5 heteroatoms. The molecule has 5 nitrogen and oxygen atoms in total. The molecule has 0 aromatic carbocycles. The number of nitrogens with zero attached hydrogens (tertiary/aromatic N) is 1. The van der Waals surface area contributed by atoms with E-state index in [0.29, 0.717) is 19.0 Å². The normalized spacial score (nSPS) is 10.4. The molecule has 0 atom stereocenters. The molecule has 1 heterocycles. The summed E-state index contributed by atoms with van der Waals surface area (Å²) in [7, 11) is 0. The van der Waals surface area contributed by atoms with Crippen molar-refractivity contribution in [3.63, 3.8) is 0 Å². The van der Waals surface area contributed by atoms with Crippen LogP contribution >= 0.6 is 0 Å². The average molecular weight is 224 g/mol. The van der Waals surface area contributed by atoms with E-state index >= 15 is 0 Å². The number of ether oxygens (including phenoxy) is 1. The first-order chi connectivity index (χ1) is 7.59. The van der Waals surface area contributed by atoms with E-state index in [-0.39, 0.29) is 11.7 Å². The molecule has 0 aliphatic carbocycles. The van der Waals surface area contributed by atoms with Gasteiger partial charge in [0.2, 0.25) is 0 Å². The van der Waals surface area contributed by atoms with Crippen LogP contribution in [0.5, 0.6) is 0 Å². The Hall–Kier alpha value is -1.62. The Labute approximate surface area is 94.5 Å². The highest BCUT2D eigenvalue weighted by atomic mass is 16.5. The van der Waals surface area contributed by atoms with E-state index in [0.717, 1.165) is 0 Å². The number of nitrogens with one attached hydrogen (secondary N) is 1. The molecule has 0 fully saturated rings. The summed E-state index contributed by atoms with van der Waals surface area (Å²) in [6.07, 6.45) is 1.66. The molecule has 1 aromatic rings. The van der Waals surface area contributed by atoms with Gasteiger partial charge in [-0.2, -0.15) is 0 Å². The first-order valence-electron chi connectivity index (χ1n) is 5.14. The number of rotatable bonds is 6. The number of carboxylic acid groups (broad SMARTS) is 1. The van der Waals surface area contributed by atoms with Crippen molar-refractivity contribution in [3.8, 4) is 0 Å². The van der Waals surface area contributed by atoms with E-state index in [2.05, 4.69) is 10.3 Å². The van der Waals surface area contributed by atoms with Crippen molar-refractivity contribution in [1.29, 1.82) is 0 Å². The fraction of sp³-hybridized carbons (Fsp3) is 0.455. The van der Waals surface area contributed by atoms with Crippen molar-refractivity contribution in [2.45, 2.75) is 20.0 Å². The third-order valence-electron chi connectivity index (χ3n) is 1.87. The fourth-order valence-electron chi connectivity index (χ4n) is 1.13. The standard InChI is InChI=1S/C11H16N2O3/c1-8(2)16-6-5-13-10-7-9(11(14)15)3-4-12-10/h3-4,7-8H,5-6H2,1-2H3,(H,12,13)(H,14,15). The highest BCUT2D eigenvalue weighted by Crippen LogP contribution is 2.06. The second-order valence-electron chi connectivity index (χ2n) is 3.58. The molecule has 0 aliphatic heterocycles. The van der Waals surface area contributed by atoms with Crippen LogP contribution in [0.4, 0.5) is 5.82 Å². The molecule has 0 aliphatic rings. The minimum atomic E-state index is -0.955. The predicted octanol–water partition coefficient (Wildman–Crippen LogP) is 1.62. The van der Waals surface area contributed by atoms with Crippen LogP contribution in [0.25, 0.3) is 0 Å². The van der Waals surface area contributed by atoms with E-state index in [1.165, 1.54) is 18.3 Å². The van der Waals surface area contributed by atoms with E-state index in [9.17, 15) is 4.79 Å². The summed E-state index contributed by atoms with van der Waals surface area (Å²) < 4.78 is 5.33. The lowest BCUT2D eigenvalue weighted by molar-refractivity contribution is 0.0697. The molecule has 0 unspecified atom stereocenters. The van der Waals surface area contributed by atoms with Crippen LogP contribution in [0.1, 0.15) is 24.2 Å². The van der Waals surface area contributed by atoms with Crippen LogP contribution in [0.2, 0.25) is 0 Å². The van der Waals surface area contributed by atoms with E-state index in [1.54, 1.807) is 0 Å². The van der Waals surface area contributed by atoms with Gasteiger partial charge >= 0.3 is 5.97 Å². The van der Waals surface area contributed by atoms with Gasteiger partial charge in [0.25, 0.3) is 0 Å². The quantitative estimate of drug-likeness (QED) is 0.718. The number of pyridine rings is 1. The summed E-state index contributed by atoms with van der Waals surface area (Å²) in [4.78, 5) is 14.7. The highest BCUT2D eigenvalue weighted by Gasteiger charge is 2.03. The number of anilines is 1. The molecule has 88 valence electrons. The Morgan fingerprint density at radius 3 is 3.00 bits per heavy atom. The summed E-state index contributed by atoms with van der Waals surface area (Å²) in [6, 6.07) is 2.95. The summed E-state index contributed by atoms with van der Waals surface area (Å²) >= 11 is 0. The Morgan fingerprint density at radius 1 is 1.62 bits per heavy atom. The van der Waals surface area contributed by atoms with Gasteiger partial charge in [0, 0.05) is 12.7 Å². The van der Waals surface area contributed by atoms with Crippen LogP contribution < -0.4 is 5.32 Å². The maximum absolute atomic E-state index is 10.7. The van der Waals surface area contributed by atoms with Crippen LogP contribution in [0, 0.1) is 0 Å². The Balaban J connectivity index is 2.42. The monoisotopic (exact) mass is 224 g/mol. The lowest BCUT2D eigenvalue weighted by Gasteiger charge is -2.09. The molecular formula is C11H16N2O3. The second kappa shape index (κ2) is 6.07. The molecule has 0 amide bonds. The molecule has 0 bridgehead atoms. The maximum atomic E-state index is 10.7. The van der Waals surface area contributed by atoms with E-state index in [1.807, 2.05) is 13.8 Å². The first kappa shape index (κ1) is 12.4. The summed E-state index contributed by atoms with van der Waals surface area (Å²) in [5.74, 6) is -0.406.